The molecule has 0 aliphatic rings. The van der Waals surface area contributed by atoms with Crippen molar-refractivity contribution in [3.05, 3.63) is 0 Å². The molecule has 0 heterocycles. The van der Waals surface area contributed by atoms with Crippen LogP contribution in [0.4, 0.5) is 0 Å². The van der Waals surface area contributed by atoms with Gasteiger partial charge in [0, 0.05) is 0 Å². The third-order valence-corrected chi connectivity index (χ3v) is 0. The van der Waals surface area contributed by atoms with Gasteiger partial charge in [-0.3, -0.25) is 0 Å². The maximum Gasteiger partial charge on any atom is 4.00 e. The Balaban J connectivity index is 0. The summed E-state index contributed by atoms with van der Waals surface area (Å²) in [5.74, 6) is 0. The third-order valence-electron chi connectivity index (χ3n) is 0. The molecule has 6 heteroatoms. The molecule has 0 radical (unpaired) electrons. The second-order valence-electron chi connectivity index (χ2n) is 0. The molecule has 0 aromatic rings. The molecule has 0 fully saturated rings. The van der Waals surface area contributed by atoms with E-state index >= 15 is 0 Å². The van der Waals surface area contributed by atoms with E-state index < -0.39 is 0 Å². The van der Waals surface area contributed by atoms with Crippen molar-refractivity contribution in [3.63, 3.8) is 0 Å². The van der Waals surface area contributed by atoms with Crippen LogP contribution in [0.25, 0.3) is 0 Å². The predicted molar refractivity (Wildman–Crippen MR) is 2.75 cm³/mol. The average Bonchev–Trinajstić information content (AvgIpc) is 0. The fourth-order valence-electron chi connectivity index (χ4n) is 0. The largest absolute Gasteiger partial charge is 4.00 e. The van der Waals surface area contributed by atoms with Gasteiger partial charge < -0.3 is 21.9 Å². The summed E-state index contributed by atoms with van der Waals surface area (Å²) < 4.78 is 0. The van der Waals surface area contributed by atoms with E-state index in [0.717, 1.165) is 0 Å². The molecule has 0 aromatic carbocycles. The predicted octanol–water partition coefficient (Wildman–Crippen LogP) is -3.47. The van der Waals surface area contributed by atoms with Crippen molar-refractivity contribution in [2.24, 2.45) is 0 Å². The Morgan fingerprint density at radius 3 is 0.500 bits per heavy atom. The van der Waals surface area contributed by atoms with Gasteiger partial charge in [0.1, 0.15) is 0 Å². The minimum atomic E-state index is 0. The smallest absolute Gasteiger partial charge is 2.00 e. The van der Waals surface area contributed by atoms with Gasteiger partial charge >= 0.3 is 40.6 Å². The van der Waals surface area contributed by atoms with Gasteiger partial charge in [0.25, 0.3) is 0 Å². The summed E-state index contributed by atoms with van der Waals surface area (Å²) in [6, 6.07) is 0. The molecule has 0 aromatic heterocycles. The van der Waals surface area contributed by atoms with Crippen molar-refractivity contribution in [1.82, 2.24) is 0 Å². The SMILES string of the molecule is [Li+].[O-2].[O-2].[O-2].[O-2].[Ti+4]. The van der Waals surface area contributed by atoms with Crippen molar-refractivity contribution in [1.29, 1.82) is 0 Å². The minimum absolute atomic E-state index is 0. The summed E-state index contributed by atoms with van der Waals surface area (Å²) >= 11 is 0. The molecule has 0 aliphatic heterocycles. The molecule has 0 bridgehead atoms. The standard InChI is InChI=1S/Li.4O.Ti/q+1;4*-2;+4. The first-order valence-electron chi connectivity index (χ1n) is 0. The van der Waals surface area contributed by atoms with Crippen LogP contribution in [-0.4, -0.2) is 0 Å². The summed E-state index contributed by atoms with van der Waals surface area (Å²) in [4.78, 5) is 0. The first kappa shape index (κ1) is 204. The van der Waals surface area contributed by atoms with E-state index in [0.29, 0.717) is 0 Å². The van der Waals surface area contributed by atoms with Crippen LogP contribution in [0, 0.1) is 0 Å². The molecule has 6 heavy (non-hydrogen) atoms. The molecule has 0 rings (SSSR count). The quantitative estimate of drug-likeness (QED) is 0.294. The van der Waals surface area contributed by atoms with Crippen LogP contribution in [-0.2, 0) is 43.6 Å². The van der Waals surface area contributed by atoms with Gasteiger partial charge in [-0.2, -0.15) is 0 Å². The minimum Gasteiger partial charge on any atom is -2.00 e. The molecule has 0 N–H and O–H groups in total. The zero-order valence-corrected chi connectivity index (χ0v) is 4.69. The maximum atomic E-state index is 0. The fourth-order valence-corrected chi connectivity index (χ4v) is 0. The Labute approximate surface area is 62.6 Å². The second-order valence-corrected chi connectivity index (χ2v) is 0. The van der Waals surface area contributed by atoms with Gasteiger partial charge in [-0.1, -0.05) is 0 Å². The van der Waals surface area contributed by atoms with E-state index in [1.165, 1.54) is 0 Å². The number of hydrogen-bond acceptors (Lipinski definition) is 0. The van der Waals surface area contributed by atoms with Gasteiger partial charge in [-0.15, -0.1) is 0 Å². The van der Waals surface area contributed by atoms with Crippen LogP contribution >= 0.6 is 0 Å². The van der Waals surface area contributed by atoms with E-state index in [4.69, 9.17) is 0 Å². The van der Waals surface area contributed by atoms with Gasteiger partial charge in [0.2, 0.25) is 0 Å². The fraction of sp³-hybridized carbons (Fsp3) is 0. The van der Waals surface area contributed by atoms with Crippen molar-refractivity contribution >= 4 is 0 Å². The van der Waals surface area contributed by atoms with E-state index in [1.54, 1.807) is 0 Å². The molecule has 0 unspecified atom stereocenters. The van der Waals surface area contributed by atoms with Crippen LogP contribution in [0.2, 0.25) is 0 Å². The molecular weight excluding hydrogens is 119 g/mol. The topological polar surface area (TPSA) is 114 Å². The van der Waals surface area contributed by atoms with Gasteiger partial charge in [-0.25, -0.2) is 0 Å². The number of hydrogen-bond donors (Lipinski definition) is 0. The van der Waals surface area contributed by atoms with Crippen LogP contribution in [0.3, 0.4) is 0 Å². The summed E-state index contributed by atoms with van der Waals surface area (Å²) in [5.41, 5.74) is 0. The molecule has 0 saturated carbocycles. The summed E-state index contributed by atoms with van der Waals surface area (Å²) in [6.07, 6.45) is 0. The van der Waals surface area contributed by atoms with E-state index in [1.807, 2.05) is 0 Å². The van der Waals surface area contributed by atoms with Gasteiger partial charge in [0.05, 0.1) is 0 Å². The molecule has 0 aliphatic carbocycles. The Morgan fingerprint density at radius 2 is 0.500 bits per heavy atom. The van der Waals surface area contributed by atoms with Crippen LogP contribution in [0.15, 0.2) is 0 Å². The Bertz CT molecular complexity index is 7.51. The zero-order valence-electron chi connectivity index (χ0n) is 3.13. The van der Waals surface area contributed by atoms with Crippen molar-refractivity contribution < 1.29 is 62.5 Å². The van der Waals surface area contributed by atoms with Crippen molar-refractivity contribution in [3.8, 4) is 0 Å². The first-order chi connectivity index (χ1) is 0. The van der Waals surface area contributed by atoms with Crippen molar-refractivity contribution in [2.45, 2.75) is 0 Å². The molecule has 0 amide bonds. The molecular formula is LiO4Ti-3. The molecule has 0 spiro atoms. The Hall–Kier alpha value is 1.15. The average molecular weight is 119 g/mol. The van der Waals surface area contributed by atoms with Crippen LogP contribution in [0.5, 0.6) is 0 Å². The van der Waals surface area contributed by atoms with Crippen LogP contribution in [0.1, 0.15) is 0 Å². The van der Waals surface area contributed by atoms with E-state index in [-0.39, 0.29) is 62.5 Å². The molecule has 4 nitrogen and oxygen atoms in total. The van der Waals surface area contributed by atoms with E-state index in [9.17, 15) is 0 Å². The summed E-state index contributed by atoms with van der Waals surface area (Å²) in [6.45, 7) is 0. The van der Waals surface area contributed by atoms with Crippen LogP contribution < -0.4 is 18.9 Å². The molecule has 32 valence electrons. The summed E-state index contributed by atoms with van der Waals surface area (Å²) in [7, 11) is 0. The van der Waals surface area contributed by atoms with Gasteiger partial charge in [0.15, 0.2) is 0 Å². The van der Waals surface area contributed by atoms with E-state index in [2.05, 4.69) is 0 Å². The Kier molecular flexibility index (Phi) is 4190. The van der Waals surface area contributed by atoms with Crippen molar-refractivity contribution in [2.75, 3.05) is 0 Å². The first-order valence-corrected chi connectivity index (χ1v) is 0. The second kappa shape index (κ2) is 123. The normalized spacial score (nSPS) is 0. The molecule has 0 atom stereocenters. The summed E-state index contributed by atoms with van der Waals surface area (Å²) in [5, 5.41) is 0. The van der Waals surface area contributed by atoms with Gasteiger partial charge in [-0.05, 0) is 0 Å². The Morgan fingerprint density at radius 1 is 0.500 bits per heavy atom. The maximum absolute atomic E-state index is 0. The third kappa shape index (κ3) is 66.9. The zero-order chi connectivity index (χ0) is 0. The monoisotopic (exact) mass is 119 g/mol. The molecule has 0 saturated heterocycles. The number of rotatable bonds is 0.